The first-order valence-corrected chi connectivity index (χ1v) is 7.20. The van der Waals surface area contributed by atoms with Crippen LogP contribution in [-0.4, -0.2) is 59.1 Å². The summed E-state index contributed by atoms with van der Waals surface area (Å²) < 4.78 is 0. The molecule has 1 atom stereocenters. The third-order valence-corrected chi connectivity index (χ3v) is 3.35. The summed E-state index contributed by atoms with van der Waals surface area (Å²) in [7, 11) is 3.99. The van der Waals surface area contributed by atoms with Gasteiger partial charge in [0.2, 0.25) is 0 Å². The van der Waals surface area contributed by atoms with Crippen molar-refractivity contribution in [2.24, 2.45) is 0 Å². The Kier molecular flexibility index (Phi) is 6.01. The highest BCUT2D eigenvalue weighted by Crippen LogP contribution is 2.18. The van der Waals surface area contributed by atoms with Gasteiger partial charge >= 0.3 is 0 Å². The number of anilines is 1. The molecule has 1 amide bonds. The SMILES string of the molecule is CCCc1[nH]nc(C(=O)N(CC)C(C)CN(C)C)c1N. The van der Waals surface area contributed by atoms with Crippen LogP contribution in [0.3, 0.4) is 0 Å². The quantitative estimate of drug-likeness (QED) is 0.791. The number of carbonyl (C=O) groups is 1. The molecule has 1 rings (SSSR count). The van der Waals surface area contributed by atoms with Gasteiger partial charge in [-0.3, -0.25) is 9.89 Å². The molecule has 114 valence electrons. The van der Waals surface area contributed by atoms with Crippen molar-refractivity contribution in [1.82, 2.24) is 20.0 Å². The van der Waals surface area contributed by atoms with Gasteiger partial charge in [0.15, 0.2) is 5.69 Å². The zero-order valence-corrected chi connectivity index (χ0v) is 13.2. The van der Waals surface area contributed by atoms with Crippen molar-refractivity contribution in [3.63, 3.8) is 0 Å². The van der Waals surface area contributed by atoms with Crippen molar-refractivity contribution < 1.29 is 4.79 Å². The van der Waals surface area contributed by atoms with E-state index in [4.69, 9.17) is 5.73 Å². The van der Waals surface area contributed by atoms with E-state index in [0.29, 0.717) is 17.9 Å². The summed E-state index contributed by atoms with van der Waals surface area (Å²) in [6.07, 6.45) is 1.78. The summed E-state index contributed by atoms with van der Waals surface area (Å²) in [6, 6.07) is 0.119. The minimum atomic E-state index is -0.0991. The van der Waals surface area contributed by atoms with Crippen LogP contribution >= 0.6 is 0 Å². The summed E-state index contributed by atoms with van der Waals surface area (Å²) in [5, 5.41) is 6.99. The number of hydrogen-bond acceptors (Lipinski definition) is 4. The summed E-state index contributed by atoms with van der Waals surface area (Å²) in [5.41, 5.74) is 7.73. The molecule has 0 saturated heterocycles. The fraction of sp³-hybridized carbons (Fsp3) is 0.714. The average Bonchev–Trinajstić information content (AvgIpc) is 2.71. The monoisotopic (exact) mass is 281 g/mol. The van der Waals surface area contributed by atoms with E-state index in [-0.39, 0.29) is 11.9 Å². The van der Waals surface area contributed by atoms with Gasteiger partial charge < -0.3 is 15.5 Å². The van der Waals surface area contributed by atoms with Gasteiger partial charge in [-0.2, -0.15) is 5.10 Å². The van der Waals surface area contributed by atoms with Crippen LogP contribution < -0.4 is 5.73 Å². The molecule has 0 saturated carbocycles. The van der Waals surface area contributed by atoms with Crippen LogP contribution in [0.1, 0.15) is 43.4 Å². The van der Waals surface area contributed by atoms with Gasteiger partial charge in [0.1, 0.15) is 0 Å². The first-order chi connectivity index (χ1) is 9.42. The number of hydrogen-bond donors (Lipinski definition) is 2. The van der Waals surface area contributed by atoms with Crippen molar-refractivity contribution in [3.05, 3.63) is 11.4 Å². The molecule has 3 N–H and O–H groups in total. The van der Waals surface area contributed by atoms with Gasteiger partial charge in [-0.25, -0.2) is 0 Å². The molecule has 1 heterocycles. The zero-order chi connectivity index (χ0) is 15.3. The molecule has 0 aliphatic heterocycles. The lowest BCUT2D eigenvalue weighted by molar-refractivity contribution is 0.0674. The molecule has 0 radical (unpaired) electrons. The number of nitrogens with zero attached hydrogens (tertiary/aromatic N) is 3. The normalized spacial score (nSPS) is 12.7. The summed E-state index contributed by atoms with van der Waals surface area (Å²) in [4.78, 5) is 16.5. The van der Waals surface area contributed by atoms with Crippen LogP contribution in [0.2, 0.25) is 0 Å². The summed E-state index contributed by atoms with van der Waals surface area (Å²) in [5.74, 6) is -0.0991. The highest BCUT2D eigenvalue weighted by atomic mass is 16.2. The minimum absolute atomic E-state index is 0.0991. The van der Waals surface area contributed by atoms with E-state index in [2.05, 4.69) is 22.0 Å². The predicted octanol–water partition coefficient (Wildman–Crippen LogP) is 1.36. The lowest BCUT2D eigenvalue weighted by Gasteiger charge is -2.29. The van der Waals surface area contributed by atoms with E-state index in [1.165, 1.54) is 0 Å². The largest absolute Gasteiger partial charge is 0.395 e. The third-order valence-electron chi connectivity index (χ3n) is 3.35. The van der Waals surface area contributed by atoms with Crippen LogP contribution in [-0.2, 0) is 6.42 Å². The maximum atomic E-state index is 12.6. The Bertz CT molecular complexity index is 441. The molecule has 1 unspecified atom stereocenters. The van der Waals surface area contributed by atoms with Crippen molar-refractivity contribution >= 4 is 11.6 Å². The van der Waals surface area contributed by atoms with E-state index in [1.807, 2.05) is 32.8 Å². The Labute approximate surface area is 121 Å². The number of aromatic amines is 1. The van der Waals surface area contributed by atoms with Gasteiger partial charge in [-0.1, -0.05) is 13.3 Å². The van der Waals surface area contributed by atoms with E-state index in [0.717, 1.165) is 25.1 Å². The lowest BCUT2D eigenvalue weighted by atomic mass is 10.1. The molecular formula is C14H27N5O. The third kappa shape index (κ3) is 3.72. The second-order valence-corrected chi connectivity index (χ2v) is 5.42. The summed E-state index contributed by atoms with van der Waals surface area (Å²) in [6.45, 7) is 7.53. The first-order valence-electron chi connectivity index (χ1n) is 7.20. The molecule has 6 heteroatoms. The number of carbonyl (C=O) groups excluding carboxylic acids is 1. The molecule has 0 aliphatic carbocycles. The molecule has 0 spiro atoms. The number of aryl methyl sites for hydroxylation is 1. The fourth-order valence-electron chi connectivity index (χ4n) is 2.41. The Morgan fingerprint density at radius 3 is 2.55 bits per heavy atom. The van der Waals surface area contributed by atoms with Crippen molar-refractivity contribution in [1.29, 1.82) is 0 Å². The lowest BCUT2D eigenvalue weighted by Crippen LogP contribution is -2.44. The van der Waals surface area contributed by atoms with E-state index >= 15 is 0 Å². The van der Waals surface area contributed by atoms with Gasteiger partial charge in [0.05, 0.1) is 11.4 Å². The van der Waals surface area contributed by atoms with E-state index < -0.39 is 0 Å². The number of rotatable bonds is 7. The molecule has 20 heavy (non-hydrogen) atoms. The molecular weight excluding hydrogens is 254 g/mol. The molecule has 6 nitrogen and oxygen atoms in total. The van der Waals surface area contributed by atoms with Gasteiger partial charge in [-0.05, 0) is 34.4 Å². The molecule has 0 aliphatic rings. The Hall–Kier alpha value is -1.56. The number of H-pyrrole nitrogens is 1. The van der Waals surface area contributed by atoms with Gasteiger partial charge in [-0.15, -0.1) is 0 Å². The average molecular weight is 281 g/mol. The highest BCUT2D eigenvalue weighted by molar-refractivity contribution is 5.97. The van der Waals surface area contributed by atoms with E-state index in [9.17, 15) is 4.79 Å². The van der Waals surface area contributed by atoms with Gasteiger partial charge in [0, 0.05) is 19.1 Å². The van der Waals surface area contributed by atoms with Crippen LogP contribution in [0.4, 0.5) is 5.69 Å². The molecule has 1 aromatic heterocycles. The number of nitrogen functional groups attached to an aromatic ring is 1. The zero-order valence-electron chi connectivity index (χ0n) is 13.2. The van der Waals surface area contributed by atoms with Crippen LogP contribution in [0.5, 0.6) is 0 Å². The van der Waals surface area contributed by atoms with Crippen LogP contribution in [0, 0.1) is 0 Å². The number of amides is 1. The van der Waals surface area contributed by atoms with E-state index in [1.54, 1.807) is 0 Å². The minimum Gasteiger partial charge on any atom is -0.395 e. The molecule has 0 fully saturated rings. The number of nitrogens with one attached hydrogen (secondary N) is 1. The Balaban J connectivity index is 2.91. The smallest absolute Gasteiger partial charge is 0.276 e. The number of likely N-dealkylation sites (N-methyl/N-ethyl adjacent to an activating group) is 2. The Morgan fingerprint density at radius 2 is 2.05 bits per heavy atom. The highest BCUT2D eigenvalue weighted by Gasteiger charge is 2.25. The standard InChI is InChI=1S/C14H27N5O/c1-6-8-11-12(15)13(17-16-11)14(20)19(7-2)10(3)9-18(4)5/h10H,6-9,15H2,1-5H3,(H,16,17). The molecule has 0 aromatic carbocycles. The number of aromatic nitrogens is 2. The second-order valence-electron chi connectivity index (χ2n) is 5.42. The number of nitrogens with two attached hydrogens (primary N) is 1. The maximum absolute atomic E-state index is 12.6. The molecule has 0 bridgehead atoms. The van der Waals surface area contributed by atoms with Crippen molar-refractivity contribution in [2.75, 3.05) is 32.9 Å². The maximum Gasteiger partial charge on any atom is 0.276 e. The summed E-state index contributed by atoms with van der Waals surface area (Å²) >= 11 is 0. The first kappa shape index (κ1) is 16.5. The van der Waals surface area contributed by atoms with Crippen LogP contribution in [0.15, 0.2) is 0 Å². The molecule has 1 aromatic rings. The van der Waals surface area contributed by atoms with Crippen LogP contribution in [0.25, 0.3) is 0 Å². The topological polar surface area (TPSA) is 78.2 Å². The Morgan fingerprint density at radius 1 is 1.40 bits per heavy atom. The van der Waals surface area contributed by atoms with Crippen molar-refractivity contribution in [2.45, 2.75) is 39.7 Å². The van der Waals surface area contributed by atoms with Crippen molar-refractivity contribution in [3.8, 4) is 0 Å². The van der Waals surface area contributed by atoms with Gasteiger partial charge in [0.25, 0.3) is 5.91 Å². The fourth-order valence-corrected chi connectivity index (χ4v) is 2.41. The second kappa shape index (κ2) is 7.28. The predicted molar refractivity (Wildman–Crippen MR) is 81.7 cm³/mol.